The third kappa shape index (κ3) is 3.02. The summed E-state index contributed by atoms with van der Waals surface area (Å²) in [6.07, 6.45) is 0. The van der Waals surface area contributed by atoms with Crippen LogP contribution in [0.15, 0.2) is 18.2 Å². The molecule has 6 nitrogen and oxygen atoms in total. The summed E-state index contributed by atoms with van der Waals surface area (Å²) in [5, 5.41) is 10.8. The largest absolute Gasteiger partial charge is 0.469 e. The van der Waals surface area contributed by atoms with E-state index < -0.39 is 22.3 Å². The van der Waals surface area contributed by atoms with Crippen LogP contribution in [0.4, 0.5) is 5.69 Å². The first-order valence-electron chi connectivity index (χ1n) is 5.49. The van der Waals surface area contributed by atoms with E-state index in [0.29, 0.717) is 5.56 Å². The van der Waals surface area contributed by atoms with Crippen molar-refractivity contribution >= 4 is 23.3 Å². The van der Waals surface area contributed by atoms with E-state index >= 15 is 0 Å². The van der Waals surface area contributed by atoms with Gasteiger partial charge in [0.25, 0.3) is 5.69 Å². The number of methoxy groups -OCH3 is 1. The Kier molecular flexibility index (Phi) is 4.49. The molecule has 2 N–H and O–H groups in total. The Labute approximate surface area is 115 Å². The molecule has 0 fully saturated rings. The number of benzene rings is 1. The van der Waals surface area contributed by atoms with E-state index in [1.807, 2.05) is 0 Å². The monoisotopic (exact) mass is 286 g/mol. The van der Waals surface area contributed by atoms with Crippen LogP contribution in [0, 0.1) is 15.5 Å². The first-order valence-corrected chi connectivity index (χ1v) is 5.87. The number of nitro groups is 1. The standard InChI is InChI=1S/C12H15ClN2O4/c1-12(2,11(16)19-3)10(14)7-4-5-8(13)9(6-7)15(17)18/h4-6,10H,14H2,1-3H3/t10-/m1/s1. The summed E-state index contributed by atoms with van der Waals surface area (Å²) in [6.45, 7) is 3.23. The molecule has 0 heterocycles. The van der Waals surface area contributed by atoms with E-state index in [9.17, 15) is 14.9 Å². The van der Waals surface area contributed by atoms with Gasteiger partial charge in [0, 0.05) is 12.1 Å². The summed E-state index contributed by atoms with van der Waals surface area (Å²) in [6, 6.07) is 3.49. The lowest BCUT2D eigenvalue weighted by Crippen LogP contribution is -2.37. The average molecular weight is 287 g/mol. The van der Waals surface area contributed by atoms with Gasteiger partial charge in [0.05, 0.1) is 17.4 Å². The summed E-state index contributed by atoms with van der Waals surface area (Å²) >= 11 is 5.73. The zero-order valence-corrected chi connectivity index (χ0v) is 11.6. The highest BCUT2D eigenvalue weighted by atomic mass is 35.5. The molecule has 0 spiro atoms. The molecule has 0 aliphatic carbocycles. The minimum absolute atomic E-state index is 0.0248. The molecule has 104 valence electrons. The number of carbonyl (C=O) groups excluding carboxylic acids is 1. The molecular formula is C12H15ClN2O4. The van der Waals surface area contributed by atoms with E-state index in [2.05, 4.69) is 4.74 Å². The molecule has 0 bridgehead atoms. The molecule has 0 radical (unpaired) electrons. The molecule has 1 rings (SSSR count). The maximum absolute atomic E-state index is 11.7. The number of ether oxygens (including phenoxy) is 1. The van der Waals surface area contributed by atoms with Gasteiger partial charge in [0.15, 0.2) is 0 Å². The van der Waals surface area contributed by atoms with Gasteiger partial charge in [-0.15, -0.1) is 0 Å². The number of esters is 1. The zero-order chi connectivity index (χ0) is 14.8. The lowest BCUT2D eigenvalue weighted by Gasteiger charge is -2.28. The Morgan fingerprint density at radius 1 is 1.53 bits per heavy atom. The third-order valence-corrected chi connectivity index (χ3v) is 3.33. The molecule has 1 aromatic rings. The Morgan fingerprint density at radius 2 is 2.11 bits per heavy atom. The highest BCUT2D eigenvalue weighted by Crippen LogP contribution is 2.35. The fourth-order valence-electron chi connectivity index (χ4n) is 1.67. The van der Waals surface area contributed by atoms with Crippen LogP contribution in [0.5, 0.6) is 0 Å². The normalized spacial score (nSPS) is 12.9. The maximum Gasteiger partial charge on any atom is 0.313 e. The molecule has 0 aliphatic heterocycles. The lowest BCUT2D eigenvalue weighted by atomic mass is 9.81. The summed E-state index contributed by atoms with van der Waals surface area (Å²) in [5.74, 6) is -0.488. The van der Waals surface area contributed by atoms with Crippen molar-refractivity contribution in [3.63, 3.8) is 0 Å². The quantitative estimate of drug-likeness (QED) is 0.521. The number of nitro benzene ring substituents is 1. The Bertz CT molecular complexity index is 516. The molecular weight excluding hydrogens is 272 g/mol. The number of rotatable bonds is 4. The second kappa shape index (κ2) is 5.54. The minimum atomic E-state index is -1.00. The second-order valence-electron chi connectivity index (χ2n) is 4.66. The summed E-state index contributed by atoms with van der Waals surface area (Å²) < 4.78 is 4.68. The van der Waals surface area contributed by atoms with Crippen molar-refractivity contribution in [2.45, 2.75) is 19.9 Å². The number of nitrogens with two attached hydrogens (primary N) is 1. The van der Waals surface area contributed by atoms with Crippen LogP contribution in [0.2, 0.25) is 5.02 Å². The van der Waals surface area contributed by atoms with Crippen molar-refractivity contribution in [1.29, 1.82) is 0 Å². The van der Waals surface area contributed by atoms with Crippen LogP contribution >= 0.6 is 11.6 Å². The van der Waals surface area contributed by atoms with E-state index in [-0.39, 0.29) is 10.7 Å². The molecule has 0 amide bonds. The summed E-state index contributed by atoms with van der Waals surface area (Å²) in [7, 11) is 1.26. The number of nitrogens with zero attached hydrogens (tertiary/aromatic N) is 1. The van der Waals surface area contributed by atoms with Gasteiger partial charge in [0.2, 0.25) is 0 Å². The fourth-order valence-corrected chi connectivity index (χ4v) is 1.86. The Hall–Kier alpha value is -1.66. The van der Waals surface area contributed by atoms with E-state index in [4.69, 9.17) is 17.3 Å². The van der Waals surface area contributed by atoms with Crippen molar-refractivity contribution in [2.75, 3.05) is 7.11 Å². The maximum atomic E-state index is 11.7. The molecule has 0 aromatic heterocycles. The van der Waals surface area contributed by atoms with E-state index in [1.54, 1.807) is 19.9 Å². The highest BCUT2D eigenvalue weighted by Gasteiger charge is 2.37. The summed E-state index contributed by atoms with van der Waals surface area (Å²) in [5.41, 5.74) is 5.21. The second-order valence-corrected chi connectivity index (χ2v) is 5.07. The van der Waals surface area contributed by atoms with Crippen LogP contribution in [0.3, 0.4) is 0 Å². The van der Waals surface area contributed by atoms with E-state index in [1.165, 1.54) is 19.2 Å². The highest BCUT2D eigenvalue weighted by molar-refractivity contribution is 6.32. The van der Waals surface area contributed by atoms with Crippen LogP contribution in [-0.4, -0.2) is 18.0 Å². The molecule has 0 saturated heterocycles. The third-order valence-electron chi connectivity index (χ3n) is 3.02. The Morgan fingerprint density at radius 3 is 2.58 bits per heavy atom. The van der Waals surface area contributed by atoms with Gasteiger partial charge in [-0.2, -0.15) is 0 Å². The van der Waals surface area contributed by atoms with Gasteiger partial charge >= 0.3 is 5.97 Å². The van der Waals surface area contributed by atoms with Crippen LogP contribution in [-0.2, 0) is 9.53 Å². The molecule has 0 aliphatic rings. The Balaban J connectivity index is 3.20. The van der Waals surface area contributed by atoms with Crippen molar-refractivity contribution in [3.05, 3.63) is 38.9 Å². The van der Waals surface area contributed by atoms with Crippen molar-refractivity contribution in [3.8, 4) is 0 Å². The molecule has 1 aromatic carbocycles. The van der Waals surface area contributed by atoms with Gasteiger partial charge < -0.3 is 10.5 Å². The molecule has 7 heteroatoms. The summed E-state index contributed by atoms with van der Waals surface area (Å²) in [4.78, 5) is 21.9. The van der Waals surface area contributed by atoms with Crippen molar-refractivity contribution < 1.29 is 14.5 Å². The minimum Gasteiger partial charge on any atom is -0.469 e. The van der Waals surface area contributed by atoms with Gasteiger partial charge in [-0.25, -0.2) is 0 Å². The fraction of sp³-hybridized carbons (Fsp3) is 0.417. The predicted molar refractivity (Wildman–Crippen MR) is 70.8 cm³/mol. The van der Waals surface area contributed by atoms with Crippen LogP contribution in [0.25, 0.3) is 0 Å². The van der Waals surface area contributed by atoms with E-state index in [0.717, 1.165) is 0 Å². The van der Waals surface area contributed by atoms with Crippen LogP contribution < -0.4 is 5.73 Å². The topological polar surface area (TPSA) is 95.5 Å². The molecule has 0 saturated carbocycles. The first kappa shape index (κ1) is 15.4. The van der Waals surface area contributed by atoms with Crippen LogP contribution in [0.1, 0.15) is 25.5 Å². The number of hydrogen-bond donors (Lipinski definition) is 1. The van der Waals surface area contributed by atoms with Crippen molar-refractivity contribution in [2.24, 2.45) is 11.1 Å². The van der Waals surface area contributed by atoms with Gasteiger partial charge in [0.1, 0.15) is 5.02 Å². The predicted octanol–water partition coefficient (Wildman–Crippen LogP) is 2.45. The zero-order valence-electron chi connectivity index (χ0n) is 10.8. The smallest absolute Gasteiger partial charge is 0.313 e. The number of carbonyl (C=O) groups is 1. The molecule has 19 heavy (non-hydrogen) atoms. The molecule has 1 atom stereocenters. The lowest BCUT2D eigenvalue weighted by molar-refractivity contribution is -0.384. The van der Waals surface area contributed by atoms with Gasteiger partial charge in [-0.1, -0.05) is 17.7 Å². The van der Waals surface area contributed by atoms with Crippen molar-refractivity contribution in [1.82, 2.24) is 0 Å². The molecule has 0 unspecified atom stereocenters. The number of hydrogen-bond acceptors (Lipinski definition) is 5. The van der Waals surface area contributed by atoms with Gasteiger partial charge in [-0.3, -0.25) is 14.9 Å². The SMILES string of the molecule is COC(=O)C(C)(C)[C@H](N)c1ccc(Cl)c([N+](=O)[O-])c1. The van der Waals surface area contributed by atoms with Gasteiger partial charge in [-0.05, 0) is 25.5 Å². The number of halogens is 1. The average Bonchev–Trinajstić information content (AvgIpc) is 2.36. The first-order chi connectivity index (χ1) is 8.71.